The largest absolute Gasteiger partial charge is 0.459 e. The predicted molar refractivity (Wildman–Crippen MR) is 88.2 cm³/mol. The molecule has 0 unspecified atom stereocenters. The molecule has 0 amide bonds. The van der Waals surface area contributed by atoms with Gasteiger partial charge in [0.15, 0.2) is 0 Å². The average Bonchev–Trinajstić information content (AvgIpc) is 2.85. The topological polar surface area (TPSA) is 78.9 Å². The van der Waals surface area contributed by atoms with Crippen molar-refractivity contribution in [3.63, 3.8) is 0 Å². The summed E-state index contributed by atoms with van der Waals surface area (Å²) in [6.07, 6.45) is 0.880. The Morgan fingerprint density at radius 2 is 1.84 bits per heavy atom. The summed E-state index contributed by atoms with van der Waals surface area (Å²) in [5, 5.41) is 0. The number of esters is 3. The van der Waals surface area contributed by atoms with E-state index >= 15 is 0 Å². The zero-order chi connectivity index (χ0) is 18.5. The molecule has 2 saturated carbocycles. The van der Waals surface area contributed by atoms with Crippen LogP contribution in [-0.4, -0.2) is 36.2 Å². The van der Waals surface area contributed by atoms with Crippen molar-refractivity contribution in [3.8, 4) is 0 Å². The zero-order valence-electron chi connectivity index (χ0n) is 15.2. The van der Waals surface area contributed by atoms with Crippen LogP contribution in [0.4, 0.5) is 0 Å². The second kappa shape index (κ2) is 6.15. The van der Waals surface area contributed by atoms with Crippen molar-refractivity contribution in [2.75, 3.05) is 0 Å². The quantitative estimate of drug-likeness (QED) is 0.432. The van der Waals surface area contributed by atoms with Crippen LogP contribution in [0.3, 0.4) is 0 Å². The Morgan fingerprint density at radius 3 is 2.44 bits per heavy atom. The molecule has 138 valence electrons. The highest BCUT2D eigenvalue weighted by atomic mass is 16.6. The monoisotopic (exact) mass is 350 g/mol. The summed E-state index contributed by atoms with van der Waals surface area (Å²) >= 11 is 0. The molecule has 6 heteroatoms. The lowest BCUT2D eigenvalue weighted by molar-refractivity contribution is -0.170. The summed E-state index contributed by atoms with van der Waals surface area (Å²) < 4.78 is 16.6. The van der Waals surface area contributed by atoms with Crippen LogP contribution in [0.15, 0.2) is 12.2 Å². The molecule has 6 nitrogen and oxygen atoms in total. The van der Waals surface area contributed by atoms with Crippen molar-refractivity contribution in [2.45, 2.75) is 65.3 Å². The van der Waals surface area contributed by atoms with Crippen LogP contribution >= 0.6 is 0 Å². The first kappa shape index (κ1) is 18.0. The fourth-order valence-electron chi connectivity index (χ4n) is 5.28. The Hall–Kier alpha value is -1.85. The lowest BCUT2D eigenvalue weighted by Crippen LogP contribution is -2.42. The molecule has 25 heavy (non-hydrogen) atoms. The van der Waals surface area contributed by atoms with Gasteiger partial charge in [-0.3, -0.25) is 9.59 Å². The molecule has 3 rings (SSSR count). The van der Waals surface area contributed by atoms with E-state index < -0.39 is 23.6 Å². The predicted octanol–water partition coefficient (Wildman–Crippen LogP) is 2.40. The third kappa shape index (κ3) is 2.96. The van der Waals surface area contributed by atoms with Gasteiger partial charge in [-0.2, -0.15) is 0 Å². The molecule has 0 spiro atoms. The number of hydrogen-bond acceptors (Lipinski definition) is 6. The van der Waals surface area contributed by atoms with E-state index in [9.17, 15) is 14.4 Å². The Bertz CT molecular complexity index is 625. The van der Waals surface area contributed by atoms with E-state index in [1.807, 2.05) is 0 Å². The maximum atomic E-state index is 11.9. The first-order valence-electron chi connectivity index (χ1n) is 8.87. The Kier molecular flexibility index (Phi) is 4.41. The summed E-state index contributed by atoms with van der Waals surface area (Å²) in [6.45, 7) is 10.9. The van der Waals surface area contributed by atoms with Crippen LogP contribution in [0.2, 0.25) is 0 Å². The van der Waals surface area contributed by atoms with E-state index in [4.69, 9.17) is 14.2 Å². The summed E-state index contributed by atoms with van der Waals surface area (Å²) in [5.74, 6) is -0.732. The van der Waals surface area contributed by atoms with Crippen LogP contribution in [0.25, 0.3) is 0 Å². The van der Waals surface area contributed by atoms with Gasteiger partial charge in [0.25, 0.3) is 0 Å². The van der Waals surface area contributed by atoms with Crippen molar-refractivity contribution in [2.24, 2.45) is 23.2 Å². The summed E-state index contributed by atoms with van der Waals surface area (Å²) in [4.78, 5) is 35.2. The Morgan fingerprint density at radius 1 is 1.20 bits per heavy atom. The molecule has 3 fully saturated rings. The van der Waals surface area contributed by atoms with Crippen molar-refractivity contribution >= 4 is 17.9 Å². The molecular formula is C19H26O6. The molecule has 0 aromatic heterocycles. The molecular weight excluding hydrogens is 324 g/mol. The molecule has 1 heterocycles. The first-order valence-corrected chi connectivity index (χ1v) is 8.87. The van der Waals surface area contributed by atoms with Crippen LogP contribution < -0.4 is 0 Å². The van der Waals surface area contributed by atoms with Crippen LogP contribution in [0.1, 0.15) is 47.0 Å². The number of ether oxygens (including phenoxy) is 3. The van der Waals surface area contributed by atoms with Gasteiger partial charge in [-0.15, -0.1) is 0 Å². The SMILES string of the molecule is C=C1C(=O)O[C@@H]2C[C@@H](C)[C@@H]3C[C@@H](OC(C)=O)[C@H](OC(C)=O)[C@@]3(C)C[C@H]12. The van der Waals surface area contributed by atoms with Gasteiger partial charge in [-0.05, 0) is 31.1 Å². The summed E-state index contributed by atoms with van der Waals surface area (Å²) in [6, 6.07) is 0. The van der Waals surface area contributed by atoms with Gasteiger partial charge in [0.05, 0.1) is 0 Å². The maximum Gasteiger partial charge on any atom is 0.334 e. The number of carbonyl (C=O) groups is 3. The summed E-state index contributed by atoms with van der Waals surface area (Å²) in [5.41, 5.74) is 0.0956. The van der Waals surface area contributed by atoms with E-state index in [0.717, 1.165) is 6.42 Å². The first-order chi connectivity index (χ1) is 11.6. The van der Waals surface area contributed by atoms with Crippen molar-refractivity contribution in [1.29, 1.82) is 0 Å². The minimum Gasteiger partial charge on any atom is -0.459 e. The number of hydrogen-bond donors (Lipinski definition) is 0. The molecule has 0 N–H and O–H groups in total. The normalized spacial score (nSPS) is 42.9. The van der Waals surface area contributed by atoms with Gasteiger partial charge in [0.2, 0.25) is 0 Å². The summed E-state index contributed by atoms with van der Waals surface area (Å²) in [7, 11) is 0. The van der Waals surface area contributed by atoms with Gasteiger partial charge in [-0.25, -0.2) is 4.79 Å². The number of carbonyl (C=O) groups excluding carboxylic acids is 3. The molecule has 1 saturated heterocycles. The number of rotatable bonds is 2. The van der Waals surface area contributed by atoms with E-state index in [1.165, 1.54) is 13.8 Å². The molecule has 0 aromatic rings. The smallest absolute Gasteiger partial charge is 0.334 e. The zero-order valence-corrected chi connectivity index (χ0v) is 15.2. The lowest BCUT2D eigenvalue weighted by atomic mass is 9.69. The minimum atomic E-state index is -0.524. The number of fused-ring (bicyclic) bond motifs is 2. The molecule has 0 aromatic carbocycles. The van der Waals surface area contributed by atoms with E-state index in [-0.39, 0.29) is 35.8 Å². The van der Waals surface area contributed by atoms with Gasteiger partial charge in [0.1, 0.15) is 18.3 Å². The van der Waals surface area contributed by atoms with Crippen LogP contribution in [0, 0.1) is 23.2 Å². The van der Waals surface area contributed by atoms with Crippen molar-refractivity contribution < 1.29 is 28.6 Å². The van der Waals surface area contributed by atoms with E-state index in [1.54, 1.807) is 0 Å². The maximum absolute atomic E-state index is 11.9. The van der Waals surface area contributed by atoms with E-state index in [2.05, 4.69) is 20.4 Å². The van der Waals surface area contributed by atoms with E-state index in [0.29, 0.717) is 18.4 Å². The van der Waals surface area contributed by atoms with Crippen molar-refractivity contribution in [3.05, 3.63) is 12.2 Å². The highest BCUT2D eigenvalue weighted by Gasteiger charge is 2.61. The highest BCUT2D eigenvalue weighted by molar-refractivity contribution is 5.90. The molecule has 0 bridgehead atoms. The molecule has 3 aliphatic rings. The van der Waals surface area contributed by atoms with Gasteiger partial charge >= 0.3 is 17.9 Å². The van der Waals surface area contributed by atoms with Crippen molar-refractivity contribution in [1.82, 2.24) is 0 Å². The molecule has 2 aliphatic carbocycles. The standard InChI is InChI=1S/C19H26O6/c1-9-6-15-13(10(2)18(22)25-15)8-19(5)14(9)7-16(23-11(3)20)17(19)24-12(4)21/h9,13-17H,2,6-8H2,1,3-5H3/t9-,13-,14+,15-,16-,17+,19+/m1/s1. The van der Waals surface area contributed by atoms with Gasteiger partial charge in [-0.1, -0.05) is 20.4 Å². The van der Waals surface area contributed by atoms with Crippen LogP contribution in [0.5, 0.6) is 0 Å². The third-order valence-corrected chi connectivity index (χ3v) is 6.30. The Labute approximate surface area is 147 Å². The third-order valence-electron chi connectivity index (χ3n) is 6.30. The minimum absolute atomic E-state index is 0.0842. The van der Waals surface area contributed by atoms with Gasteiger partial charge in [0, 0.05) is 30.8 Å². The van der Waals surface area contributed by atoms with Gasteiger partial charge < -0.3 is 14.2 Å². The molecule has 0 radical (unpaired) electrons. The fourth-order valence-corrected chi connectivity index (χ4v) is 5.28. The second-order valence-electron chi connectivity index (χ2n) is 8.02. The molecule has 1 aliphatic heterocycles. The Balaban J connectivity index is 1.97. The van der Waals surface area contributed by atoms with Crippen LogP contribution in [-0.2, 0) is 28.6 Å². The average molecular weight is 350 g/mol. The fraction of sp³-hybridized carbons (Fsp3) is 0.737. The molecule has 7 atom stereocenters. The lowest BCUT2D eigenvalue weighted by Gasteiger charge is -2.38. The second-order valence-corrected chi connectivity index (χ2v) is 8.02. The highest BCUT2D eigenvalue weighted by Crippen LogP contribution is 2.58.